The number of benzene rings is 1. The van der Waals surface area contributed by atoms with Gasteiger partial charge < -0.3 is 11.1 Å². The van der Waals surface area contributed by atoms with E-state index in [1.165, 1.54) is 0 Å². The van der Waals surface area contributed by atoms with Gasteiger partial charge in [-0.2, -0.15) is 13.2 Å². The van der Waals surface area contributed by atoms with E-state index in [0.29, 0.717) is 6.42 Å². The Bertz CT molecular complexity index is 673. The summed E-state index contributed by atoms with van der Waals surface area (Å²) < 4.78 is 37.9. The highest BCUT2D eigenvalue weighted by Crippen LogP contribution is 2.32. The molecule has 0 aliphatic carbocycles. The summed E-state index contributed by atoms with van der Waals surface area (Å²) in [7, 11) is 0. The molecule has 1 aromatic carbocycles. The molecule has 2 unspecified atom stereocenters. The largest absolute Gasteiger partial charge is 0.434 e. The molecule has 0 radical (unpaired) electrons. The first kappa shape index (κ1) is 18.4. The summed E-state index contributed by atoms with van der Waals surface area (Å²) in [5.41, 5.74) is 5.88. The Labute approximate surface area is 141 Å². The van der Waals surface area contributed by atoms with Crippen LogP contribution < -0.4 is 11.1 Å². The maximum Gasteiger partial charge on any atom is 0.434 e. The zero-order chi connectivity index (χ0) is 17.7. The highest BCUT2D eigenvalue weighted by atomic mass is 32.1. The second kappa shape index (κ2) is 7.76. The molecule has 0 aliphatic heterocycles. The summed E-state index contributed by atoms with van der Waals surface area (Å²) in [6.45, 7) is 1.77. The molecule has 1 amide bonds. The Kier molecular flexibility index (Phi) is 5.95. The maximum atomic E-state index is 12.6. The number of amides is 1. The van der Waals surface area contributed by atoms with Crippen LogP contribution in [0, 0.1) is 0 Å². The fraction of sp³-hybridized carbons (Fsp3) is 0.375. The normalized spacial score (nSPS) is 14.2. The van der Waals surface area contributed by atoms with Gasteiger partial charge in [0.15, 0.2) is 5.69 Å². The molecule has 2 atom stereocenters. The SMILES string of the molecule is CCC(NC(=O)CC(N)c1ccccc1)c1nc(C(F)(F)F)cs1. The standard InChI is InChI=1S/C16H18F3N3OS/c1-2-12(15-22-13(9-24-15)16(17,18)19)21-14(23)8-11(20)10-6-4-3-5-7-10/h3-7,9,11-12H,2,8,20H2,1H3,(H,21,23). The molecular weight excluding hydrogens is 339 g/mol. The molecule has 0 aliphatic rings. The predicted molar refractivity (Wildman–Crippen MR) is 86.3 cm³/mol. The monoisotopic (exact) mass is 357 g/mol. The second-order valence-corrected chi connectivity index (χ2v) is 6.21. The van der Waals surface area contributed by atoms with E-state index in [9.17, 15) is 18.0 Å². The molecule has 3 N–H and O–H groups in total. The van der Waals surface area contributed by atoms with E-state index >= 15 is 0 Å². The fourth-order valence-corrected chi connectivity index (χ4v) is 3.15. The van der Waals surface area contributed by atoms with Crippen LogP contribution in [-0.2, 0) is 11.0 Å². The van der Waals surface area contributed by atoms with E-state index in [0.717, 1.165) is 22.3 Å². The van der Waals surface area contributed by atoms with Gasteiger partial charge in [0.1, 0.15) is 5.01 Å². The van der Waals surface area contributed by atoms with Gasteiger partial charge in [-0.15, -0.1) is 11.3 Å². The van der Waals surface area contributed by atoms with Crippen molar-refractivity contribution in [3.8, 4) is 0 Å². The molecule has 0 saturated heterocycles. The molecule has 0 bridgehead atoms. The third-order valence-corrected chi connectivity index (χ3v) is 4.45. The highest BCUT2D eigenvalue weighted by Gasteiger charge is 2.34. The molecule has 1 aromatic heterocycles. The Hall–Kier alpha value is -1.93. The number of nitrogens with one attached hydrogen (secondary N) is 1. The van der Waals surface area contributed by atoms with Crippen LogP contribution in [0.25, 0.3) is 0 Å². The van der Waals surface area contributed by atoms with Gasteiger partial charge in [0.05, 0.1) is 6.04 Å². The lowest BCUT2D eigenvalue weighted by Gasteiger charge is -2.17. The number of hydrogen-bond donors (Lipinski definition) is 2. The lowest BCUT2D eigenvalue weighted by Crippen LogP contribution is -2.31. The smallest absolute Gasteiger partial charge is 0.347 e. The molecule has 0 fully saturated rings. The second-order valence-electron chi connectivity index (χ2n) is 5.32. The number of rotatable bonds is 6. The molecule has 4 nitrogen and oxygen atoms in total. The molecule has 1 heterocycles. The number of nitrogens with two attached hydrogens (primary N) is 1. The number of carbonyl (C=O) groups excluding carboxylic acids is 1. The van der Waals surface area contributed by atoms with E-state index in [4.69, 9.17) is 5.73 Å². The highest BCUT2D eigenvalue weighted by molar-refractivity contribution is 7.09. The van der Waals surface area contributed by atoms with Crippen molar-refractivity contribution in [2.75, 3.05) is 0 Å². The fourth-order valence-electron chi connectivity index (χ4n) is 2.19. The molecule has 0 saturated carbocycles. The van der Waals surface area contributed by atoms with Gasteiger partial charge in [0, 0.05) is 17.8 Å². The van der Waals surface area contributed by atoms with Crippen LogP contribution in [0.4, 0.5) is 13.2 Å². The molecule has 8 heteroatoms. The van der Waals surface area contributed by atoms with Gasteiger partial charge in [0.2, 0.25) is 5.91 Å². The van der Waals surface area contributed by atoms with Crippen molar-refractivity contribution < 1.29 is 18.0 Å². The zero-order valence-corrected chi connectivity index (χ0v) is 13.8. The summed E-state index contributed by atoms with van der Waals surface area (Å²) in [5, 5.41) is 3.91. The van der Waals surface area contributed by atoms with Crippen molar-refractivity contribution in [3.63, 3.8) is 0 Å². The van der Waals surface area contributed by atoms with Crippen LogP contribution in [0.3, 0.4) is 0 Å². The minimum Gasteiger partial charge on any atom is -0.347 e. The van der Waals surface area contributed by atoms with E-state index in [2.05, 4.69) is 10.3 Å². The number of alkyl halides is 3. The van der Waals surface area contributed by atoms with Crippen molar-refractivity contribution in [2.24, 2.45) is 5.73 Å². The van der Waals surface area contributed by atoms with Crippen LogP contribution in [0.5, 0.6) is 0 Å². The molecular formula is C16H18F3N3OS. The predicted octanol–water partition coefficient (Wildman–Crippen LogP) is 3.82. The van der Waals surface area contributed by atoms with Crippen molar-refractivity contribution in [2.45, 2.75) is 38.0 Å². The minimum absolute atomic E-state index is 0.0536. The number of hydrogen-bond acceptors (Lipinski definition) is 4. The van der Waals surface area contributed by atoms with Crippen LogP contribution in [0.15, 0.2) is 35.7 Å². The average molecular weight is 357 g/mol. The molecule has 2 aromatic rings. The molecule has 0 spiro atoms. The molecule has 2 rings (SSSR count). The van der Waals surface area contributed by atoms with E-state index in [1.807, 2.05) is 30.3 Å². The van der Waals surface area contributed by atoms with Crippen LogP contribution in [0.1, 0.15) is 48.1 Å². The Morgan fingerprint density at radius 3 is 2.54 bits per heavy atom. The third-order valence-electron chi connectivity index (χ3n) is 3.49. The van der Waals surface area contributed by atoms with Crippen molar-refractivity contribution in [3.05, 3.63) is 52.0 Å². The Morgan fingerprint density at radius 2 is 2.00 bits per heavy atom. The quantitative estimate of drug-likeness (QED) is 0.826. The van der Waals surface area contributed by atoms with Gasteiger partial charge >= 0.3 is 6.18 Å². The van der Waals surface area contributed by atoms with Gasteiger partial charge in [-0.1, -0.05) is 37.3 Å². The first-order valence-corrected chi connectivity index (χ1v) is 8.31. The minimum atomic E-state index is -4.48. The van der Waals surface area contributed by atoms with Gasteiger partial charge in [-0.05, 0) is 12.0 Å². The Balaban J connectivity index is 1.99. The number of thiazole rings is 1. The summed E-state index contributed by atoms with van der Waals surface area (Å²) in [6.07, 6.45) is -3.98. The van der Waals surface area contributed by atoms with Crippen LogP contribution in [-0.4, -0.2) is 10.9 Å². The van der Waals surface area contributed by atoms with Crippen molar-refractivity contribution >= 4 is 17.2 Å². The van der Waals surface area contributed by atoms with Crippen molar-refractivity contribution in [1.29, 1.82) is 0 Å². The summed E-state index contributed by atoms with van der Waals surface area (Å²) in [4.78, 5) is 15.7. The number of halogens is 3. The van der Waals surface area contributed by atoms with Gasteiger partial charge in [-0.3, -0.25) is 4.79 Å². The number of aromatic nitrogens is 1. The van der Waals surface area contributed by atoms with Crippen LogP contribution in [0.2, 0.25) is 0 Å². The summed E-state index contributed by atoms with van der Waals surface area (Å²) >= 11 is 0.889. The molecule has 130 valence electrons. The summed E-state index contributed by atoms with van der Waals surface area (Å²) in [6, 6.07) is 8.14. The van der Waals surface area contributed by atoms with E-state index in [-0.39, 0.29) is 17.3 Å². The topological polar surface area (TPSA) is 68.0 Å². The number of carbonyl (C=O) groups is 1. The van der Waals surface area contributed by atoms with Crippen molar-refractivity contribution in [1.82, 2.24) is 10.3 Å². The van der Waals surface area contributed by atoms with E-state index in [1.54, 1.807) is 6.92 Å². The Morgan fingerprint density at radius 1 is 1.33 bits per heavy atom. The first-order chi connectivity index (χ1) is 11.3. The zero-order valence-electron chi connectivity index (χ0n) is 13.0. The first-order valence-electron chi connectivity index (χ1n) is 7.43. The van der Waals surface area contributed by atoms with Gasteiger partial charge in [0.25, 0.3) is 0 Å². The lowest BCUT2D eigenvalue weighted by molar-refractivity contribution is -0.140. The third kappa shape index (κ3) is 4.78. The number of nitrogens with zero attached hydrogens (tertiary/aromatic N) is 1. The van der Waals surface area contributed by atoms with Gasteiger partial charge in [-0.25, -0.2) is 4.98 Å². The lowest BCUT2D eigenvalue weighted by atomic mass is 10.0. The molecule has 24 heavy (non-hydrogen) atoms. The van der Waals surface area contributed by atoms with E-state index < -0.39 is 24.0 Å². The van der Waals surface area contributed by atoms with Crippen LogP contribution >= 0.6 is 11.3 Å². The maximum absolute atomic E-state index is 12.6. The average Bonchev–Trinajstić information content (AvgIpc) is 3.03. The summed E-state index contributed by atoms with van der Waals surface area (Å²) in [5.74, 6) is -0.318.